The Bertz CT molecular complexity index is 1640. The first kappa shape index (κ1) is 43.6. The lowest BCUT2D eigenvalue weighted by atomic mass is 9.94. The number of carbonyl (C=O) groups is 2. The van der Waals surface area contributed by atoms with Crippen molar-refractivity contribution in [3.05, 3.63) is 71.3 Å². The van der Waals surface area contributed by atoms with Crippen molar-refractivity contribution in [3.8, 4) is 22.8 Å². The van der Waals surface area contributed by atoms with Gasteiger partial charge in [-0.3, -0.25) is 9.59 Å². The molecule has 2 aromatic carbocycles. The van der Waals surface area contributed by atoms with Crippen LogP contribution in [0.3, 0.4) is 0 Å². The molecule has 3 aromatic rings. The lowest BCUT2D eigenvalue weighted by molar-refractivity contribution is -0.286. The van der Waals surface area contributed by atoms with E-state index in [1.807, 2.05) is 40.0 Å². The number of alkyl halides is 2. The van der Waals surface area contributed by atoms with Gasteiger partial charge in [0.05, 0.1) is 89.9 Å². The number of aromatic nitrogens is 1. The van der Waals surface area contributed by atoms with Crippen molar-refractivity contribution in [2.75, 3.05) is 91.6 Å². The Morgan fingerprint density at radius 3 is 2.00 bits per heavy atom. The molecular formula is C40H53F2N3O10. The highest BCUT2D eigenvalue weighted by molar-refractivity contribution is 6.01. The van der Waals surface area contributed by atoms with Gasteiger partial charge < -0.3 is 48.5 Å². The zero-order chi connectivity index (χ0) is 39.5. The van der Waals surface area contributed by atoms with E-state index >= 15 is 0 Å². The summed E-state index contributed by atoms with van der Waals surface area (Å²) < 4.78 is 67.8. The van der Waals surface area contributed by atoms with Crippen LogP contribution in [-0.2, 0) is 38.6 Å². The molecule has 0 radical (unpaired) electrons. The normalized spacial score (nSPS) is 14.7. The van der Waals surface area contributed by atoms with Crippen LogP contribution in [0.4, 0.5) is 14.6 Å². The van der Waals surface area contributed by atoms with E-state index in [0.717, 1.165) is 24.0 Å². The summed E-state index contributed by atoms with van der Waals surface area (Å²) in [6, 6.07) is 15.0. The van der Waals surface area contributed by atoms with E-state index in [-0.39, 0.29) is 23.5 Å². The van der Waals surface area contributed by atoms with E-state index in [1.54, 1.807) is 30.3 Å². The molecule has 302 valence electrons. The van der Waals surface area contributed by atoms with Gasteiger partial charge in [-0.15, -0.1) is 8.78 Å². The van der Waals surface area contributed by atoms with E-state index in [2.05, 4.69) is 25.1 Å². The monoisotopic (exact) mass is 773 g/mol. The summed E-state index contributed by atoms with van der Waals surface area (Å²) in [5, 5.41) is 5.87. The number of halogens is 2. The topological polar surface area (TPSA) is 145 Å². The summed E-state index contributed by atoms with van der Waals surface area (Å²) in [6.07, 6.45) is -1.53. The molecule has 1 fully saturated rings. The zero-order valence-corrected chi connectivity index (χ0v) is 32.0. The van der Waals surface area contributed by atoms with E-state index in [1.165, 1.54) is 12.1 Å². The summed E-state index contributed by atoms with van der Waals surface area (Å²) >= 11 is 0. The molecule has 2 aliphatic rings. The molecule has 1 aliphatic heterocycles. The second kappa shape index (κ2) is 22.5. The number of aryl methyl sites for hydroxylation is 1. The van der Waals surface area contributed by atoms with Gasteiger partial charge in [-0.05, 0) is 76.1 Å². The zero-order valence-electron chi connectivity index (χ0n) is 32.0. The quantitative estimate of drug-likeness (QED) is 0.0867. The van der Waals surface area contributed by atoms with Crippen molar-refractivity contribution in [1.29, 1.82) is 0 Å². The Labute approximate surface area is 321 Å². The van der Waals surface area contributed by atoms with Crippen LogP contribution in [0.1, 0.15) is 48.2 Å². The molecule has 0 unspecified atom stereocenters. The lowest BCUT2D eigenvalue weighted by Gasteiger charge is -2.17. The van der Waals surface area contributed by atoms with Gasteiger partial charge in [-0.1, -0.05) is 30.3 Å². The Morgan fingerprint density at radius 2 is 1.42 bits per heavy atom. The van der Waals surface area contributed by atoms with Crippen molar-refractivity contribution in [2.24, 2.45) is 0 Å². The Kier molecular flexibility index (Phi) is 17.8. The van der Waals surface area contributed by atoms with Gasteiger partial charge in [-0.25, -0.2) is 4.98 Å². The van der Waals surface area contributed by atoms with Crippen LogP contribution in [-0.4, -0.2) is 116 Å². The molecule has 0 atom stereocenters. The van der Waals surface area contributed by atoms with Crippen LogP contribution in [0.5, 0.6) is 11.5 Å². The van der Waals surface area contributed by atoms with Crippen LogP contribution < -0.4 is 20.1 Å². The molecule has 0 bridgehead atoms. The molecule has 15 heteroatoms. The highest BCUT2D eigenvalue weighted by Gasteiger charge is 2.53. The highest BCUT2D eigenvalue weighted by atomic mass is 19.3. The second-order valence-corrected chi connectivity index (χ2v) is 13.1. The SMILES string of the molecule is CNCCOCCOCCOCCOCCOCCOC(C)C.Cc1ccc(NC(=O)C2(c3ccc4c(c3)OC(F)(F)O4)CC2)nc1-c1cccc(C=O)c1. The Morgan fingerprint density at radius 1 is 0.818 bits per heavy atom. The van der Waals surface area contributed by atoms with Gasteiger partial charge in [0.1, 0.15) is 12.1 Å². The molecule has 0 spiro atoms. The second-order valence-electron chi connectivity index (χ2n) is 13.1. The first-order valence-electron chi connectivity index (χ1n) is 18.5. The third kappa shape index (κ3) is 14.5. The third-order valence-corrected chi connectivity index (χ3v) is 8.44. The van der Waals surface area contributed by atoms with Gasteiger partial charge >= 0.3 is 6.29 Å². The molecular weight excluding hydrogens is 720 g/mol. The number of anilines is 1. The molecule has 0 saturated heterocycles. The third-order valence-electron chi connectivity index (χ3n) is 8.44. The molecule has 2 heterocycles. The Hall–Kier alpha value is -4.09. The molecule has 1 aliphatic carbocycles. The number of benzene rings is 2. The molecule has 5 rings (SSSR count). The molecule has 1 saturated carbocycles. The number of pyridine rings is 1. The molecule has 13 nitrogen and oxygen atoms in total. The number of rotatable bonds is 24. The number of carbonyl (C=O) groups excluding carboxylic acids is 2. The lowest BCUT2D eigenvalue weighted by Crippen LogP contribution is -2.28. The van der Waals surface area contributed by atoms with Gasteiger partial charge in [0, 0.05) is 17.7 Å². The van der Waals surface area contributed by atoms with Crippen LogP contribution in [0.2, 0.25) is 0 Å². The largest absolute Gasteiger partial charge is 0.586 e. The molecule has 55 heavy (non-hydrogen) atoms. The summed E-state index contributed by atoms with van der Waals surface area (Å²) in [4.78, 5) is 28.8. The van der Waals surface area contributed by atoms with Gasteiger partial charge in [0.2, 0.25) is 5.91 Å². The number of nitrogens with one attached hydrogen (secondary N) is 2. The van der Waals surface area contributed by atoms with Crippen LogP contribution in [0.25, 0.3) is 11.3 Å². The molecule has 1 amide bonds. The minimum atomic E-state index is -3.71. The van der Waals surface area contributed by atoms with Crippen LogP contribution in [0.15, 0.2) is 54.6 Å². The van der Waals surface area contributed by atoms with E-state index in [4.69, 9.17) is 28.4 Å². The van der Waals surface area contributed by atoms with E-state index < -0.39 is 11.7 Å². The minimum Gasteiger partial charge on any atom is -0.395 e. The standard InChI is InChI=1S/C24H18F2N2O4.C16H35NO6/c1-14-5-8-20(27-21(14)16-4-2-3-15(11-16)13-29)28-22(30)23(9-10-23)17-6-7-18-19(12-17)32-24(25,26)31-18;1-16(2)23-15-14-22-13-12-21-11-10-20-9-8-19-7-6-18-5-4-17-3/h2-8,11-13H,9-10H2,1H3,(H,27,28,30);16-17H,4-15H2,1-3H3. The van der Waals surface area contributed by atoms with Crippen LogP contribution >= 0.6 is 0 Å². The number of aldehydes is 1. The van der Waals surface area contributed by atoms with E-state index in [0.29, 0.717) is 108 Å². The van der Waals surface area contributed by atoms with Gasteiger partial charge in [0.25, 0.3) is 0 Å². The first-order chi connectivity index (χ1) is 26.6. The van der Waals surface area contributed by atoms with Crippen LogP contribution in [0, 0.1) is 6.92 Å². The average molecular weight is 774 g/mol. The van der Waals surface area contributed by atoms with Crippen molar-refractivity contribution in [2.45, 2.75) is 51.4 Å². The van der Waals surface area contributed by atoms with Crippen molar-refractivity contribution in [3.63, 3.8) is 0 Å². The maximum Gasteiger partial charge on any atom is 0.586 e. The summed E-state index contributed by atoms with van der Waals surface area (Å²) in [5.41, 5.74) is 2.59. The number of amides is 1. The summed E-state index contributed by atoms with van der Waals surface area (Å²) in [6.45, 7) is 13.4. The Balaban J connectivity index is 0.000000261. The van der Waals surface area contributed by atoms with Crippen molar-refractivity contribution >= 4 is 18.0 Å². The summed E-state index contributed by atoms with van der Waals surface area (Å²) in [5.74, 6) is -0.0486. The molecule has 2 N–H and O–H groups in total. The number of fused-ring (bicyclic) bond motifs is 1. The van der Waals surface area contributed by atoms with Crippen molar-refractivity contribution < 1.29 is 56.3 Å². The van der Waals surface area contributed by atoms with Gasteiger partial charge in [-0.2, -0.15) is 0 Å². The highest BCUT2D eigenvalue weighted by Crippen LogP contribution is 2.52. The maximum atomic E-state index is 13.3. The summed E-state index contributed by atoms with van der Waals surface area (Å²) in [7, 11) is 1.90. The number of likely N-dealkylation sites (N-methyl/N-ethyl adjacent to an activating group) is 1. The molecule has 1 aromatic heterocycles. The number of ether oxygens (including phenoxy) is 8. The number of hydrogen-bond acceptors (Lipinski definition) is 12. The average Bonchev–Trinajstić information content (AvgIpc) is 3.92. The van der Waals surface area contributed by atoms with Crippen molar-refractivity contribution in [1.82, 2.24) is 10.3 Å². The minimum absolute atomic E-state index is 0.0580. The number of hydrogen-bond donors (Lipinski definition) is 2. The fourth-order valence-corrected chi connectivity index (χ4v) is 5.40. The fourth-order valence-electron chi connectivity index (χ4n) is 5.40. The predicted octanol–water partition coefficient (Wildman–Crippen LogP) is 5.58. The predicted molar refractivity (Wildman–Crippen MR) is 201 cm³/mol. The fraction of sp³-hybridized carbons (Fsp3) is 0.525. The smallest absolute Gasteiger partial charge is 0.395 e. The maximum absolute atomic E-state index is 13.3. The first-order valence-corrected chi connectivity index (χ1v) is 18.5. The number of nitrogens with zero attached hydrogens (tertiary/aromatic N) is 1. The van der Waals surface area contributed by atoms with Gasteiger partial charge in [0.15, 0.2) is 11.5 Å². The van der Waals surface area contributed by atoms with E-state index in [9.17, 15) is 18.4 Å².